The van der Waals surface area contributed by atoms with Crippen molar-refractivity contribution in [2.24, 2.45) is 0 Å². The first-order chi connectivity index (χ1) is 10.1. The summed E-state index contributed by atoms with van der Waals surface area (Å²) in [4.78, 5) is 0. The molecule has 3 nitrogen and oxygen atoms in total. The van der Waals surface area contributed by atoms with Gasteiger partial charge in [0.15, 0.2) is 0 Å². The molecule has 0 spiro atoms. The first kappa shape index (κ1) is 16.0. The minimum atomic E-state index is -0.492. The summed E-state index contributed by atoms with van der Waals surface area (Å²) in [7, 11) is 0. The molecule has 0 saturated heterocycles. The molecule has 0 bridgehead atoms. The Hall–Kier alpha value is -1.36. The molecule has 0 saturated carbocycles. The number of benzene rings is 1. The van der Waals surface area contributed by atoms with Crippen molar-refractivity contribution in [3.8, 4) is 5.75 Å². The van der Waals surface area contributed by atoms with Crippen molar-refractivity contribution in [3.63, 3.8) is 0 Å². The molecule has 1 unspecified atom stereocenters. The number of thiophene rings is 1. The Balaban J connectivity index is 1.64. The lowest BCUT2D eigenvalue weighted by Crippen LogP contribution is -2.32. The zero-order chi connectivity index (χ0) is 15.1. The fourth-order valence-corrected chi connectivity index (χ4v) is 2.91. The fourth-order valence-electron chi connectivity index (χ4n) is 2.20. The van der Waals surface area contributed by atoms with Gasteiger partial charge in [0.25, 0.3) is 0 Å². The lowest BCUT2D eigenvalue weighted by Gasteiger charge is -2.14. The van der Waals surface area contributed by atoms with Gasteiger partial charge in [-0.1, -0.05) is 6.07 Å². The average Bonchev–Trinajstić information content (AvgIpc) is 2.93. The molecule has 0 radical (unpaired) electrons. The quantitative estimate of drug-likeness (QED) is 0.737. The van der Waals surface area contributed by atoms with Gasteiger partial charge in [-0.2, -0.15) is 11.3 Å². The number of aliphatic hydroxyl groups excluding tert-OH is 1. The molecule has 0 aliphatic rings. The van der Waals surface area contributed by atoms with Crippen molar-refractivity contribution in [1.29, 1.82) is 0 Å². The van der Waals surface area contributed by atoms with Gasteiger partial charge in [0.1, 0.15) is 18.5 Å². The second kappa shape index (κ2) is 8.17. The van der Waals surface area contributed by atoms with Crippen LogP contribution in [0.5, 0.6) is 5.75 Å². The van der Waals surface area contributed by atoms with E-state index in [1.807, 2.05) is 26.0 Å². The van der Waals surface area contributed by atoms with Crippen LogP contribution in [0.3, 0.4) is 0 Å². The highest BCUT2D eigenvalue weighted by Crippen LogP contribution is 2.16. The number of nitrogens with one attached hydrogen (secondary N) is 1. The molecule has 21 heavy (non-hydrogen) atoms. The summed E-state index contributed by atoms with van der Waals surface area (Å²) < 4.78 is 5.64. The summed E-state index contributed by atoms with van der Waals surface area (Å²) in [5.74, 6) is 0.824. The van der Waals surface area contributed by atoms with Gasteiger partial charge in [-0.3, -0.25) is 0 Å². The van der Waals surface area contributed by atoms with Gasteiger partial charge < -0.3 is 15.2 Å². The molecule has 2 aromatic rings. The standard InChI is InChI=1S/C17H23NO2S/c1-13-7-14(2)9-17(8-13)20-11-16(19)10-18-5-3-15-4-6-21-12-15/h4,6-9,12,16,18-19H,3,5,10-11H2,1-2H3. The maximum absolute atomic E-state index is 9.92. The summed E-state index contributed by atoms with van der Waals surface area (Å²) in [6, 6.07) is 8.22. The van der Waals surface area contributed by atoms with E-state index in [0.29, 0.717) is 13.2 Å². The molecule has 1 aromatic heterocycles. The number of aryl methyl sites for hydroxylation is 2. The molecule has 114 valence electrons. The van der Waals surface area contributed by atoms with E-state index in [0.717, 1.165) is 18.7 Å². The summed E-state index contributed by atoms with van der Waals surface area (Å²) in [6.45, 7) is 5.82. The molecular formula is C17H23NO2S. The average molecular weight is 305 g/mol. The molecule has 4 heteroatoms. The molecule has 2 N–H and O–H groups in total. The summed E-state index contributed by atoms with van der Waals surface area (Å²) in [5.41, 5.74) is 3.69. The fraction of sp³-hybridized carbons (Fsp3) is 0.412. The van der Waals surface area contributed by atoms with Gasteiger partial charge in [-0.05, 0) is 72.5 Å². The Bertz CT molecular complexity index is 519. The zero-order valence-corrected chi connectivity index (χ0v) is 13.5. The number of hydrogen-bond donors (Lipinski definition) is 2. The first-order valence-corrected chi connectivity index (χ1v) is 8.19. The predicted octanol–water partition coefficient (Wildman–Crippen LogP) is 2.94. The molecule has 0 fully saturated rings. The van der Waals surface area contributed by atoms with Gasteiger partial charge in [0.05, 0.1) is 0 Å². The highest BCUT2D eigenvalue weighted by Gasteiger charge is 2.05. The lowest BCUT2D eigenvalue weighted by molar-refractivity contribution is 0.106. The van der Waals surface area contributed by atoms with Crippen LogP contribution in [0.15, 0.2) is 35.0 Å². The van der Waals surface area contributed by atoms with Crippen molar-refractivity contribution in [3.05, 3.63) is 51.7 Å². The minimum Gasteiger partial charge on any atom is -0.491 e. The number of hydrogen-bond acceptors (Lipinski definition) is 4. The van der Waals surface area contributed by atoms with Gasteiger partial charge in [0, 0.05) is 6.54 Å². The monoisotopic (exact) mass is 305 g/mol. The van der Waals surface area contributed by atoms with Crippen LogP contribution in [0.2, 0.25) is 0 Å². The van der Waals surface area contributed by atoms with Crippen molar-refractivity contribution in [2.75, 3.05) is 19.7 Å². The summed E-state index contributed by atoms with van der Waals surface area (Å²) >= 11 is 1.71. The number of ether oxygens (including phenoxy) is 1. The minimum absolute atomic E-state index is 0.314. The van der Waals surface area contributed by atoms with Crippen molar-refractivity contribution in [1.82, 2.24) is 5.32 Å². The van der Waals surface area contributed by atoms with E-state index in [2.05, 4.69) is 28.2 Å². The maximum Gasteiger partial charge on any atom is 0.119 e. The van der Waals surface area contributed by atoms with Crippen LogP contribution in [-0.2, 0) is 6.42 Å². The molecule has 0 amide bonds. The van der Waals surface area contributed by atoms with E-state index in [4.69, 9.17) is 4.74 Å². The van der Waals surface area contributed by atoms with E-state index >= 15 is 0 Å². The third-order valence-electron chi connectivity index (χ3n) is 3.19. The molecule has 1 atom stereocenters. The molecule has 1 heterocycles. The second-order valence-corrected chi connectivity index (χ2v) is 6.15. The van der Waals surface area contributed by atoms with E-state index < -0.39 is 6.10 Å². The molecule has 2 rings (SSSR count). The van der Waals surface area contributed by atoms with E-state index in [1.54, 1.807) is 11.3 Å². The van der Waals surface area contributed by atoms with Gasteiger partial charge >= 0.3 is 0 Å². The number of rotatable bonds is 8. The summed E-state index contributed by atoms with van der Waals surface area (Å²) in [5, 5.41) is 17.4. The molecule has 1 aromatic carbocycles. The summed E-state index contributed by atoms with van der Waals surface area (Å²) in [6.07, 6.45) is 0.502. The highest BCUT2D eigenvalue weighted by molar-refractivity contribution is 7.07. The smallest absolute Gasteiger partial charge is 0.119 e. The molecular weight excluding hydrogens is 282 g/mol. The molecule has 0 aliphatic carbocycles. The lowest BCUT2D eigenvalue weighted by atomic mass is 10.1. The van der Waals surface area contributed by atoms with Crippen LogP contribution in [0.25, 0.3) is 0 Å². The van der Waals surface area contributed by atoms with Crippen LogP contribution in [0.4, 0.5) is 0 Å². The second-order valence-electron chi connectivity index (χ2n) is 5.37. The largest absolute Gasteiger partial charge is 0.491 e. The highest BCUT2D eigenvalue weighted by atomic mass is 32.1. The van der Waals surface area contributed by atoms with E-state index in [9.17, 15) is 5.11 Å². The SMILES string of the molecule is Cc1cc(C)cc(OCC(O)CNCCc2ccsc2)c1. The Morgan fingerprint density at radius 2 is 2.00 bits per heavy atom. The van der Waals surface area contributed by atoms with Crippen LogP contribution >= 0.6 is 11.3 Å². The van der Waals surface area contributed by atoms with Crippen LogP contribution in [0, 0.1) is 13.8 Å². The Labute approximate surface area is 130 Å². The zero-order valence-electron chi connectivity index (χ0n) is 12.6. The number of aliphatic hydroxyl groups is 1. The van der Waals surface area contributed by atoms with Crippen LogP contribution in [0.1, 0.15) is 16.7 Å². The third kappa shape index (κ3) is 5.87. The topological polar surface area (TPSA) is 41.5 Å². The predicted molar refractivity (Wildman–Crippen MR) is 88.3 cm³/mol. The van der Waals surface area contributed by atoms with Crippen LogP contribution in [-0.4, -0.2) is 30.9 Å². The Morgan fingerprint density at radius 1 is 1.24 bits per heavy atom. The Morgan fingerprint density at radius 3 is 2.67 bits per heavy atom. The van der Waals surface area contributed by atoms with Crippen molar-refractivity contribution in [2.45, 2.75) is 26.4 Å². The van der Waals surface area contributed by atoms with E-state index in [1.165, 1.54) is 16.7 Å². The first-order valence-electron chi connectivity index (χ1n) is 7.24. The van der Waals surface area contributed by atoms with Crippen molar-refractivity contribution >= 4 is 11.3 Å². The van der Waals surface area contributed by atoms with Gasteiger partial charge in [-0.25, -0.2) is 0 Å². The maximum atomic E-state index is 9.92. The van der Waals surface area contributed by atoms with Crippen molar-refractivity contribution < 1.29 is 9.84 Å². The molecule has 0 aliphatic heterocycles. The van der Waals surface area contributed by atoms with E-state index in [-0.39, 0.29) is 0 Å². The van der Waals surface area contributed by atoms with Gasteiger partial charge in [-0.15, -0.1) is 0 Å². The van der Waals surface area contributed by atoms with Gasteiger partial charge in [0.2, 0.25) is 0 Å². The Kier molecular flexibility index (Phi) is 6.23. The normalized spacial score (nSPS) is 12.3. The van der Waals surface area contributed by atoms with Crippen LogP contribution < -0.4 is 10.1 Å². The third-order valence-corrected chi connectivity index (χ3v) is 3.92.